The van der Waals surface area contributed by atoms with Gasteiger partial charge in [-0.25, -0.2) is 0 Å². The fourth-order valence-electron chi connectivity index (χ4n) is 2.91. The van der Waals surface area contributed by atoms with E-state index in [0.717, 1.165) is 43.1 Å². The largest absolute Gasteiger partial charge is 0.353 e. The number of piperidine rings is 1. The van der Waals surface area contributed by atoms with Gasteiger partial charge in [0, 0.05) is 38.1 Å². The van der Waals surface area contributed by atoms with Crippen molar-refractivity contribution < 1.29 is 4.79 Å². The first-order valence-electron chi connectivity index (χ1n) is 7.92. The number of aromatic nitrogens is 4. The molecule has 7 heteroatoms. The highest BCUT2D eigenvalue weighted by Gasteiger charge is 2.27. The molecule has 122 valence electrons. The predicted octanol–water partition coefficient (Wildman–Crippen LogP) is 1.18. The molecule has 2 aromatic rings. The summed E-state index contributed by atoms with van der Waals surface area (Å²) in [7, 11) is 1.88. The molecule has 0 radical (unpaired) electrons. The summed E-state index contributed by atoms with van der Waals surface area (Å²) in [5, 5.41) is 15.1. The maximum absolute atomic E-state index is 12.4. The number of H-pyrrole nitrogens is 1. The van der Waals surface area contributed by atoms with Gasteiger partial charge in [-0.05, 0) is 38.0 Å². The SMILES string of the molecule is Cc1ccc(N2CCCC(N(C)C(=O)Cc3ccn[nH]3)C2)nn1. The lowest BCUT2D eigenvalue weighted by molar-refractivity contribution is -0.131. The fourth-order valence-corrected chi connectivity index (χ4v) is 2.91. The van der Waals surface area contributed by atoms with E-state index in [4.69, 9.17) is 0 Å². The van der Waals surface area contributed by atoms with Gasteiger partial charge >= 0.3 is 0 Å². The molecule has 1 saturated heterocycles. The Balaban J connectivity index is 1.63. The number of anilines is 1. The summed E-state index contributed by atoms with van der Waals surface area (Å²) < 4.78 is 0. The fraction of sp³-hybridized carbons (Fsp3) is 0.500. The summed E-state index contributed by atoms with van der Waals surface area (Å²) in [5.74, 6) is 0.991. The summed E-state index contributed by atoms with van der Waals surface area (Å²) in [6.45, 7) is 3.68. The van der Waals surface area contributed by atoms with Gasteiger partial charge in [0.2, 0.25) is 5.91 Å². The number of hydrogen-bond donors (Lipinski definition) is 1. The predicted molar refractivity (Wildman–Crippen MR) is 87.1 cm³/mol. The number of aryl methyl sites for hydroxylation is 1. The maximum Gasteiger partial charge on any atom is 0.228 e. The van der Waals surface area contributed by atoms with Crippen LogP contribution in [0.25, 0.3) is 0 Å². The Labute approximate surface area is 135 Å². The van der Waals surface area contributed by atoms with E-state index in [-0.39, 0.29) is 11.9 Å². The first kappa shape index (κ1) is 15.5. The van der Waals surface area contributed by atoms with Crippen LogP contribution in [0.4, 0.5) is 5.82 Å². The number of nitrogens with zero attached hydrogens (tertiary/aromatic N) is 5. The molecule has 1 amide bonds. The molecule has 1 aliphatic heterocycles. The van der Waals surface area contributed by atoms with E-state index in [9.17, 15) is 4.79 Å². The highest BCUT2D eigenvalue weighted by Crippen LogP contribution is 2.20. The van der Waals surface area contributed by atoms with E-state index >= 15 is 0 Å². The number of likely N-dealkylation sites (N-methyl/N-ethyl adjacent to an activating group) is 1. The van der Waals surface area contributed by atoms with Crippen LogP contribution in [0.5, 0.6) is 0 Å². The number of amides is 1. The Bertz CT molecular complexity index is 639. The number of aromatic amines is 1. The van der Waals surface area contributed by atoms with Crippen molar-refractivity contribution in [2.45, 2.75) is 32.2 Å². The van der Waals surface area contributed by atoms with Crippen LogP contribution in [0, 0.1) is 6.92 Å². The highest BCUT2D eigenvalue weighted by atomic mass is 16.2. The van der Waals surface area contributed by atoms with E-state index in [1.165, 1.54) is 0 Å². The van der Waals surface area contributed by atoms with Gasteiger partial charge in [-0.1, -0.05) is 0 Å². The molecule has 0 bridgehead atoms. The van der Waals surface area contributed by atoms with Gasteiger partial charge in [0.1, 0.15) is 0 Å². The zero-order valence-electron chi connectivity index (χ0n) is 13.6. The molecule has 3 heterocycles. The van der Waals surface area contributed by atoms with Crippen molar-refractivity contribution in [3.05, 3.63) is 35.8 Å². The summed E-state index contributed by atoms with van der Waals surface area (Å²) in [6, 6.07) is 6.00. The Morgan fingerprint density at radius 3 is 2.96 bits per heavy atom. The third kappa shape index (κ3) is 3.67. The van der Waals surface area contributed by atoms with Gasteiger partial charge in [0.05, 0.1) is 12.1 Å². The molecule has 0 saturated carbocycles. The highest BCUT2D eigenvalue weighted by molar-refractivity contribution is 5.78. The second kappa shape index (κ2) is 6.76. The maximum atomic E-state index is 12.4. The lowest BCUT2D eigenvalue weighted by atomic mass is 10.0. The van der Waals surface area contributed by atoms with Crippen molar-refractivity contribution in [2.75, 3.05) is 25.0 Å². The number of carbonyl (C=O) groups is 1. The number of hydrogen-bond acceptors (Lipinski definition) is 5. The molecule has 1 unspecified atom stereocenters. The zero-order valence-corrected chi connectivity index (χ0v) is 13.6. The van der Waals surface area contributed by atoms with Gasteiger partial charge in [0.15, 0.2) is 5.82 Å². The zero-order chi connectivity index (χ0) is 16.2. The molecular formula is C16H22N6O. The minimum absolute atomic E-state index is 0.107. The van der Waals surface area contributed by atoms with E-state index in [1.54, 1.807) is 6.20 Å². The summed E-state index contributed by atoms with van der Waals surface area (Å²) in [4.78, 5) is 16.5. The second-order valence-electron chi connectivity index (χ2n) is 6.04. The van der Waals surface area contributed by atoms with Crippen molar-refractivity contribution >= 4 is 11.7 Å². The minimum atomic E-state index is 0.107. The topological polar surface area (TPSA) is 78.0 Å². The number of nitrogens with one attached hydrogen (secondary N) is 1. The van der Waals surface area contributed by atoms with E-state index in [2.05, 4.69) is 25.3 Å². The van der Waals surface area contributed by atoms with Crippen LogP contribution in [-0.2, 0) is 11.2 Å². The Kier molecular flexibility index (Phi) is 4.55. The van der Waals surface area contributed by atoms with Crippen LogP contribution in [0.15, 0.2) is 24.4 Å². The van der Waals surface area contributed by atoms with Crippen LogP contribution in [0.2, 0.25) is 0 Å². The first-order valence-corrected chi connectivity index (χ1v) is 7.92. The van der Waals surface area contributed by atoms with Crippen molar-refractivity contribution in [1.29, 1.82) is 0 Å². The second-order valence-corrected chi connectivity index (χ2v) is 6.04. The third-order valence-corrected chi connectivity index (χ3v) is 4.35. The average molecular weight is 314 g/mol. The monoisotopic (exact) mass is 314 g/mol. The molecule has 0 aromatic carbocycles. The van der Waals surface area contributed by atoms with Gasteiger partial charge < -0.3 is 9.80 Å². The Morgan fingerprint density at radius 1 is 1.39 bits per heavy atom. The molecule has 1 atom stereocenters. The Morgan fingerprint density at radius 2 is 2.26 bits per heavy atom. The third-order valence-electron chi connectivity index (χ3n) is 4.35. The molecule has 3 rings (SSSR count). The average Bonchev–Trinajstić information content (AvgIpc) is 3.08. The molecule has 1 aliphatic rings. The quantitative estimate of drug-likeness (QED) is 0.917. The van der Waals surface area contributed by atoms with Crippen molar-refractivity contribution in [2.24, 2.45) is 0 Å². The summed E-state index contributed by atoms with van der Waals surface area (Å²) >= 11 is 0. The molecule has 1 N–H and O–H groups in total. The molecule has 0 aliphatic carbocycles. The van der Waals surface area contributed by atoms with Crippen molar-refractivity contribution in [1.82, 2.24) is 25.3 Å². The van der Waals surface area contributed by atoms with Crippen molar-refractivity contribution in [3.8, 4) is 0 Å². The van der Waals surface area contributed by atoms with Crippen LogP contribution in [0.3, 0.4) is 0 Å². The summed E-state index contributed by atoms with van der Waals surface area (Å²) in [6.07, 6.45) is 4.08. The van der Waals surface area contributed by atoms with E-state index in [1.807, 2.05) is 37.1 Å². The first-order chi connectivity index (χ1) is 11.1. The standard InChI is InChI=1S/C16H22N6O/c1-12-5-6-15(20-18-12)22-9-3-4-14(11-22)21(2)16(23)10-13-7-8-17-19-13/h5-8,14H,3-4,9-11H2,1-2H3,(H,17,19). The molecule has 2 aromatic heterocycles. The van der Waals surface area contributed by atoms with Gasteiger partial charge in [-0.3, -0.25) is 9.89 Å². The van der Waals surface area contributed by atoms with Gasteiger partial charge in [-0.2, -0.15) is 10.2 Å². The molecular weight excluding hydrogens is 292 g/mol. The van der Waals surface area contributed by atoms with Crippen LogP contribution >= 0.6 is 0 Å². The number of rotatable bonds is 4. The number of carbonyl (C=O) groups excluding carboxylic acids is 1. The van der Waals surface area contributed by atoms with Crippen molar-refractivity contribution in [3.63, 3.8) is 0 Å². The Hall–Kier alpha value is -2.44. The van der Waals surface area contributed by atoms with Gasteiger partial charge in [0.25, 0.3) is 0 Å². The van der Waals surface area contributed by atoms with Crippen LogP contribution in [0.1, 0.15) is 24.2 Å². The molecule has 1 fully saturated rings. The van der Waals surface area contributed by atoms with Gasteiger partial charge in [-0.15, -0.1) is 5.10 Å². The molecule has 0 spiro atoms. The smallest absolute Gasteiger partial charge is 0.228 e. The molecule has 7 nitrogen and oxygen atoms in total. The minimum Gasteiger partial charge on any atom is -0.353 e. The van der Waals surface area contributed by atoms with E-state index in [0.29, 0.717) is 6.42 Å². The lowest BCUT2D eigenvalue weighted by Gasteiger charge is -2.38. The summed E-state index contributed by atoms with van der Waals surface area (Å²) in [5.41, 5.74) is 1.76. The molecule has 23 heavy (non-hydrogen) atoms. The lowest BCUT2D eigenvalue weighted by Crippen LogP contribution is -2.49. The van der Waals surface area contributed by atoms with Crippen LogP contribution in [-0.4, -0.2) is 57.4 Å². The van der Waals surface area contributed by atoms with Crippen LogP contribution < -0.4 is 4.90 Å². The normalized spacial score (nSPS) is 18.0. The van der Waals surface area contributed by atoms with E-state index < -0.39 is 0 Å².